The van der Waals surface area contributed by atoms with Crippen molar-refractivity contribution < 1.29 is 13.6 Å². The summed E-state index contributed by atoms with van der Waals surface area (Å²) in [7, 11) is 0. The lowest BCUT2D eigenvalue weighted by Crippen LogP contribution is -2.30. The van der Waals surface area contributed by atoms with Crippen LogP contribution in [0.15, 0.2) is 47.1 Å². The Bertz CT molecular complexity index is 562. The number of benzene rings is 1. The van der Waals surface area contributed by atoms with E-state index in [1.54, 1.807) is 29.2 Å². The monoisotopic (exact) mass is 259 g/mol. The van der Waals surface area contributed by atoms with E-state index in [9.17, 15) is 9.18 Å². The molecular formula is C15H14FNO2. The normalized spacial score (nSPS) is 18.8. The van der Waals surface area contributed by atoms with Crippen molar-refractivity contribution in [3.63, 3.8) is 0 Å². The van der Waals surface area contributed by atoms with E-state index in [-0.39, 0.29) is 17.8 Å². The van der Waals surface area contributed by atoms with Gasteiger partial charge in [0.2, 0.25) is 0 Å². The molecule has 0 spiro atoms. The van der Waals surface area contributed by atoms with Crippen LogP contribution in [0.25, 0.3) is 0 Å². The fourth-order valence-electron chi connectivity index (χ4n) is 2.58. The second-order valence-corrected chi connectivity index (χ2v) is 4.69. The molecule has 1 atom stereocenters. The molecule has 1 aliphatic heterocycles. The summed E-state index contributed by atoms with van der Waals surface area (Å²) in [6.45, 7) is 0.710. The largest absolute Gasteiger partial charge is 0.459 e. The number of halogens is 1. The summed E-state index contributed by atoms with van der Waals surface area (Å²) >= 11 is 0. The van der Waals surface area contributed by atoms with Gasteiger partial charge in [0.1, 0.15) is 5.82 Å². The van der Waals surface area contributed by atoms with Crippen molar-refractivity contribution in [3.8, 4) is 0 Å². The maximum atomic E-state index is 13.0. The summed E-state index contributed by atoms with van der Waals surface area (Å²) in [5.74, 6) is -0.00325. The molecule has 2 heterocycles. The molecule has 0 aliphatic carbocycles. The van der Waals surface area contributed by atoms with E-state index < -0.39 is 0 Å². The number of carbonyl (C=O) groups is 1. The van der Waals surface area contributed by atoms with Gasteiger partial charge in [-0.1, -0.05) is 12.1 Å². The van der Waals surface area contributed by atoms with Crippen molar-refractivity contribution in [2.45, 2.75) is 18.9 Å². The van der Waals surface area contributed by atoms with Crippen LogP contribution in [0.2, 0.25) is 0 Å². The van der Waals surface area contributed by atoms with Gasteiger partial charge in [-0.15, -0.1) is 0 Å². The lowest BCUT2D eigenvalue weighted by molar-refractivity contribution is 0.0703. The lowest BCUT2D eigenvalue weighted by Gasteiger charge is -2.24. The molecule has 1 aliphatic rings. The summed E-state index contributed by atoms with van der Waals surface area (Å²) in [6, 6.07) is 9.74. The van der Waals surface area contributed by atoms with Crippen LogP contribution in [0.1, 0.15) is 35.0 Å². The van der Waals surface area contributed by atoms with Gasteiger partial charge < -0.3 is 9.32 Å². The fraction of sp³-hybridized carbons (Fsp3) is 0.267. The van der Waals surface area contributed by atoms with Crippen molar-refractivity contribution in [2.75, 3.05) is 6.54 Å². The van der Waals surface area contributed by atoms with E-state index in [1.807, 2.05) is 0 Å². The number of hydrogen-bond donors (Lipinski definition) is 0. The average molecular weight is 259 g/mol. The van der Waals surface area contributed by atoms with E-state index >= 15 is 0 Å². The topological polar surface area (TPSA) is 33.5 Å². The third-order valence-electron chi connectivity index (χ3n) is 3.50. The minimum absolute atomic E-state index is 0.0122. The van der Waals surface area contributed by atoms with Crippen molar-refractivity contribution in [1.82, 2.24) is 4.90 Å². The third kappa shape index (κ3) is 2.26. The van der Waals surface area contributed by atoms with Crippen molar-refractivity contribution in [3.05, 3.63) is 59.8 Å². The summed E-state index contributed by atoms with van der Waals surface area (Å²) in [5.41, 5.74) is 0.971. The van der Waals surface area contributed by atoms with Gasteiger partial charge >= 0.3 is 0 Å². The molecule has 98 valence electrons. The number of amides is 1. The molecule has 0 unspecified atom stereocenters. The van der Waals surface area contributed by atoms with Crippen LogP contribution in [0.4, 0.5) is 4.39 Å². The highest BCUT2D eigenvalue weighted by Gasteiger charge is 2.31. The van der Waals surface area contributed by atoms with Gasteiger partial charge in [0.25, 0.3) is 5.91 Å². The van der Waals surface area contributed by atoms with Gasteiger partial charge in [-0.05, 0) is 42.7 Å². The van der Waals surface area contributed by atoms with Gasteiger partial charge in [-0.2, -0.15) is 0 Å². The smallest absolute Gasteiger partial charge is 0.290 e. The fourth-order valence-corrected chi connectivity index (χ4v) is 2.58. The molecular weight excluding hydrogens is 245 g/mol. The predicted octanol–water partition coefficient (Wildman–Crippen LogP) is 3.40. The van der Waals surface area contributed by atoms with E-state index in [0.29, 0.717) is 12.3 Å². The molecule has 0 bridgehead atoms. The highest BCUT2D eigenvalue weighted by Crippen LogP contribution is 2.33. The van der Waals surface area contributed by atoms with Gasteiger partial charge in [-0.25, -0.2) is 4.39 Å². The first-order valence-corrected chi connectivity index (χ1v) is 6.35. The number of carbonyl (C=O) groups excluding carboxylic acids is 1. The molecule has 19 heavy (non-hydrogen) atoms. The zero-order valence-electron chi connectivity index (χ0n) is 10.4. The predicted molar refractivity (Wildman–Crippen MR) is 68.1 cm³/mol. The minimum Gasteiger partial charge on any atom is -0.459 e. The summed E-state index contributed by atoms with van der Waals surface area (Å²) in [6.07, 6.45) is 3.35. The summed E-state index contributed by atoms with van der Waals surface area (Å²) < 4.78 is 18.1. The Balaban J connectivity index is 1.85. The van der Waals surface area contributed by atoms with Gasteiger partial charge in [0.15, 0.2) is 5.76 Å². The number of furan rings is 1. The van der Waals surface area contributed by atoms with Crippen molar-refractivity contribution >= 4 is 5.91 Å². The average Bonchev–Trinajstić information content (AvgIpc) is 3.10. The second kappa shape index (κ2) is 4.88. The Hall–Kier alpha value is -2.10. The first-order valence-electron chi connectivity index (χ1n) is 6.35. The summed E-state index contributed by atoms with van der Waals surface area (Å²) in [4.78, 5) is 14.1. The maximum Gasteiger partial charge on any atom is 0.290 e. The van der Waals surface area contributed by atoms with E-state index in [4.69, 9.17) is 4.42 Å². The standard InChI is InChI=1S/C15H14FNO2/c16-12-7-5-11(6-8-12)13-3-1-9-17(13)15(18)14-4-2-10-19-14/h2,4-8,10,13H,1,3,9H2/t13-/m0/s1. The zero-order chi connectivity index (χ0) is 13.2. The SMILES string of the molecule is O=C(c1ccco1)N1CCC[C@H]1c1ccc(F)cc1. The molecule has 1 amide bonds. The Labute approximate surface area is 110 Å². The number of nitrogens with zero attached hydrogens (tertiary/aromatic N) is 1. The van der Waals surface area contributed by atoms with Crippen LogP contribution < -0.4 is 0 Å². The molecule has 3 nitrogen and oxygen atoms in total. The Morgan fingerprint density at radius 3 is 2.74 bits per heavy atom. The van der Waals surface area contributed by atoms with E-state index in [0.717, 1.165) is 18.4 Å². The first-order chi connectivity index (χ1) is 9.25. The molecule has 2 aromatic rings. The molecule has 1 aromatic carbocycles. The van der Waals surface area contributed by atoms with Gasteiger partial charge in [0.05, 0.1) is 12.3 Å². The van der Waals surface area contributed by atoms with Crippen LogP contribution in [-0.2, 0) is 0 Å². The molecule has 0 radical (unpaired) electrons. The van der Waals surface area contributed by atoms with Crippen molar-refractivity contribution in [1.29, 1.82) is 0 Å². The first kappa shape index (κ1) is 12.0. The molecule has 1 fully saturated rings. The Morgan fingerprint density at radius 1 is 1.26 bits per heavy atom. The zero-order valence-corrected chi connectivity index (χ0v) is 10.4. The minimum atomic E-state index is -0.259. The van der Waals surface area contributed by atoms with Gasteiger partial charge in [0, 0.05) is 6.54 Å². The van der Waals surface area contributed by atoms with Gasteiger partial charge in [-0.3, -0.25) is 4.79 Å². The van der Waals surface area contributed by atoms with E-state index in [1.165, 1.54) is 18.4 Å². The van der Waals surface area contributed by atoms with E-state index in [2.05, 4.69) is 0 Å². The molecule has 3 rings (SSSR count). The molecule has 4 heteroatoms. The molecule has 0 N–H and O–H groups in total. The Morgan fingerprint density at radius 2 is 2.05 bits per heavy atom. The highest BCUT2D eigenvalue weighted by molar-refractivity contribution is 5.91. The number of rotatable bonds is 2. The summed E-state index contributed by atoms with van der Waals surface area (Å²) in [5, 5.41) is 0. The van der Waals surface area contributed by atoms with Crippen LogP contribution in [0, 0.1) is 5.82 Å². The van der Waals surface area contributed by atoms with Crippen LogP contribution >= 0.6 is 0 Å². The lowest BCUT2D eigenvalue weighted by atomic mass is 10.0. The quantitative estimate of drug-likeness (QED) is 0.828. The number of hydrogen-bond acceptors (Lipinski definition) is 2. The highest BCUT2D eigenvalue weighted by atomic mass is 19.1. The third-order valence-corrected chi connectivity index (χ3v) is 3.50. The number of likely N-dealkylation sites (tertiary alicyclic amines) is 1. The maximum absolute atomic E-state index is 13.0. The molecule has 1 aromatic heterocycles. The Kier molecular flexibility index (Phi) is 3.07. The molecule has 0 saturated carbocycles. The van der Waals surface area contributed by atoms with Crippen LogP contribution in [-0.4, -0.2) is 17.4 Å². The second-order valence-electron chi connectivity index (χ2n) is 4.69. The van der Waals surface area contributed by atoms with Crippen LogP contribution in [0.5, 0.6) is 0 Å². The van der Waals surface area contributed by atoms with Crippen LogP contribution in [0.3, 0.4) is 0 Å². The van der Waals surface area contributed by atoms with Crippen molar-refractivity contribution in [2.24, 2.45) is 0 Å². The molecule has 1 saturated heterocycles.